The molecule has 0 rings (SSSR count). The van der Waals surface area contributed by atoms with Crippen molar-refractivity contribution >= 4 is 5.84 Å². The van der Waals surface area contributed by atoms with E-state index in [9.17, 15) is 0 Å². The van der Waals surface area contributed by atoms with Crippen molar-refractivity contribution in [2.24, 2.45) is 5.73 Å². The summed E-state index contributed by atoms with van der Waals surface area (Å²) in [5.74, 6) is 0.167. The van der Waals surface area contributed by atoms with Crippen LogP contribution in [0.1, 0.15) is 17.1 Å². The standard InChI is InChI=1S/C2H6N2.CH4.H2/c1-2(3)4;;/h1H3,(H3,3,4);1H4;1H/i;1T;1+1. The third kappa shape index (κ3) is 26.7. The molecule has 2 heteroatoms. The lowest BCUT2D eigenvalue weighted by molar-refractivity contribution is 1.42. The molecule has 3 N–H and O–H groups in total. The molecule has 0 unspecified atom stereocenters. The summed E-state index contributed by atoms with van der Waals surface area (Å²) >= 11 is 0. The predicted molar refractivity (Wildman–Crippen MR) is 26.4 cm³/mol. The smallest absolute Gasteiger partial charge is 0.0873 e. The van der Waals surface area contributed by atoms with Gasteiger partial charge < -0.3 is 5.73 Å². The molecule has 0 aliphatic rings. The minimum absolute atomic E-state index is 0. The number of amidine groups is 1. The van der Waals surface area contributed by atoms with E-state index in [2.05, 4.69) is 0 Å². The van der Waals surface area contributed by atoms with Crippen LogP contribution in [-0.4, -0.2) is 5.84 Å². The first-order chi connectivity index (χ1) is 2.73. The Balaban J connectivity index is -0.0000000480. The van der Waals surface area contributed by atoms with Crippen molar-refractivity contribution in [1.29, 1.82) is 5.41 Å². The molecule has 0 aromatic rings. The highest BCUT2D eigenvalue weighted by atomic mass is 14.7. The first-order valence-corrected chi connectivity index (χ1v) is 1.04. The number of nitrogens with one attached hydrogen (secondary N) is 1. The molecule has 2 nitrogen and oxygen atoms in total. The highest BCUT2D eigenvalue weighted by Crippen LogP contribution is 1.36. The molecule has 34 valence electrons. The Morgan fingerprint density at radius 1 is 2.40 bits per heavy atom. The van der Waals surface area contributed by atoms with E-state index in [1.807, 2.05) is 0 Å². The van der Waals surface area contributed by atoms with E-state index in [-0.39, 0.29) is 7.26 Å². The van der Waals surface area contributed by atoms with Crippen LogP contribution >= 0.6 is 0 Å². The molecule has 0 saturated heterocycles. The van der Waals surface area contributed by atoms with Crippen LogP contribution in [-0.2, 0) is 0 Å². The van der Waals surface area contributed by atoms with Gasteiger partial charge in [0.25, 0.3) is 0 Å². The number of nitrogens with two attached hydrogens (primary N) is 1. The minimum Gasteiger partial charge on any atom is -0.388 e. The molecule has 0 fully saturated rings. The van der Waals surface area contributed by atoms with Crippen molar-refractivity contribution in [3.8, 4) is 0 Å². The van der Waals surface area contributed by atoms with Gasteiger partial charge in [-0.05, 0) is 6.92 Å². The van der Waals surface area contributed by atoms with Gasteiger partial charge in [-0.3, -0.25) is 5.41 Å². The van der Waals surface area contributed by atoms with Crippen molar-refractivity contribution < 1.29 is 2.80 Å². The van der Waals surface area contributed by atoms with Crippen molar-refractivity contribution in [2.45, 2.75) is 14.3 Å². The molecule has 0 radical (unpaired) electrons. The fourth-order valence-corrected chi connectivity index (χ4v) is 0. The van der Waals surface area contributed by atoms with Gasteiger partial charge in [-0.25, -0.2) is 0 Å². The van der Waals surface area contributed by atoms with Gasteiger partial charge in [-0.2, -0.15) is 0 Å². The van der Waals surface area contributed by atoms with Gasteiger partial charge in [0, 0.05) is 2.80 Å². The fourth-order valence-electron chi connectivity index (χ4n) is 0. The minimum atomic E-state index is 0. The molecule has 0 atom stereocenters. The molecule has 0 aliphatic carbocycles. The fraction of sp³-hybridized carbons (Fsp3) is 0.667. The van der Waals surface area contributed by atoms with Crippen molar-refractivity contribution in [3.63, 3.8) is 0 Å². The monoisotopic (exact) mass is 79.1 g/mol. The maximum absolute atomic E-state index is 6.28. The second-order valence-corrected chi connectivity index (χ2v) is 0.683. The Kier molecular flexibility index (Phi) is 3.10. The zero-order valence-corrected chi connectivity index (χ0v) is 3.58. The SMILES string of the molecule is CC(=N)N.[2HH].[3H]C. The summed E-state index contributed by atoms with van der Waals surface area (Å²) in [4.78, 5) is 0. The Morgan fingerprint density at radius 2 is 2.40 bits per heavy atom. The number of hydrogen-bond acceptors (Lipinski definition) is 1. The van der Waals surface area contributed by atoms with Crippen LogP contribution < -0.4 is 5.73 Å². The lowest BCUT2D eigenvalue weighted by Gasteiger charge is -1.66. The molecule has 0 heterocycles. The largest absolute Gasteiger partial charge is 0.388 e. The molecule has 0 spiro atoms. The van der Waals surface area contributed by atoms with E-state index in [0.717, 1.165) is 0 Å². The van der Waals surface area contributed by atoms with Gasteiger partial charge in [0.2, 0.25) is 0 Å². The third-order valence-electron chi connectivity index (χ3n) is 0. The van der Waals surface area contributed by atoms with Crippen LogP contribution in [0.4, 0.5) is 0 Å². The van der Waals surface area contributed by atoms with Crippen LogP contribution in [0.25, 0.3) is 0 Å². The van der Waals surface area contributed by atoms with E-state index >= 15 is 0 Å². The van der Waals surface area contributed by atoms with E-state index < -0.39 is 0 Å². The zero-order valence-electron chi connectivity index (χ0n) is 4.58. The molecule has 0 aromatic heterocycles. The summed E-state index contributed by atoms with van der Waals surface area (Å²) in [6.07, 6.45) is 0. The average Bonchev–Trinajstić information content (AvgIpc) is 1.41. The number of hydrogen-bond donors (Lipinski definition) is 2. The first kappa shape index (κ1) is 4.47. The second kappa shape index (κ2) is 3.47. The molecular weight excluding hydrogens is 64.0 g/mol. The predicted octanol–water partition coefficient (Wildman–Crippen LogP) is 0.824. The summed E-state index contributed by atoms with van der Waals surface area (Å²) in [5, 5.41) is 6.28. The van der Waals surface area contributed by atoms with Crippen LogP contribution in [0, 0.1) is 5.41 Å². The highest BCUT2D eigenvalue weighted by molar-refractivity contribution is 5.73. The molecule has 0 aliphatic heterocycles. The quantitative estimate of drug-likeness (QED) is 0.328. The lowest BCUT2D eigenvalue weighted by atomic mass is 10.8. The zero-order chi connectivity index (χ0) is 5.58. The Hall–Kier alpha value is -0.530. The van der Waals surface area contributed by atoms with E-state index in [1.165, 1.54) is 14.3 Å². The van der Waals surface area contributed by atoms with Crippen LogP contribution in [0.5, 0.6) is 0 Å². The second-order valence-electron chi connectivity index (χ2n) is 0.683. The van der Waals surface area contributed by atoms with Gasteiger partial charge in [-0.15, -0.1) is 0 Å². The molecule has 0 amide bonds. The summed E-state index contributed by atoms with van der Waals surface area (Å²) in [7, 11) is 1.25. The molecule has 0 bridgehead atoms. The van der Waals surface area contributed by atoms with Crippen LogP contribution in [0.3, 0.4) is 0 Å². The van der Waals surface area contributed by atoms with Crippen molar-refractivity contribution in [1.82, 2.24) is 0 Å². The van der Waals surface area contributed by atoms with Crippen LogP contribution in [0.15, 0.2) is 0 Å². The molecule has 0 saturated carbocycles. The Labute approximate surface area is 35.4 Å². The van der Waals surface area contributed by atoms with E-state index in [1.54, 1.807) is 0 Å². The normalized spacial score (nSPS) is 6.40. The van der Waals surface area contributed by atoms with E-state index in [0.29, 0.717) is 0 Å². The maximum Gasteiger partial charge on any atom is 0.0873 e. The Bertz CT molecular complexity index is 33.9. The average molecular weight is 79.2 g/mol. The summed E-state index contributed by atoms with van der Waals surface area (Å²) in [5.41, 5.74) is 4.69. The maximum atomic E-state index is 6.28. The third-order valence-corrected chi connectivity index (χ3v) is 0. The summed E-state index contributed by atoms with van der Waals surface area (Å²) in [6.45, 7) is 1.53. The van der Waals surface area contributed by atoms with Crippen molar-refractivity contribution in [3.05, 3.63) is 0 Å². The molecular formula is C3H12N2. The van der Waals surface area contributed by atoms with Gasteiger partial charge in [0.05, 0.1) is 5.84 Å². The highest BCUT2D eigenvalue weighted by Gasteiger charge is 1.53. The first-order valence-electron chi connectivity index (χ1n) is 2.04. The van der Waals surface area contributed by atoms with Gasteiger partial charge >= 0.3 is 0 Å². The molecule has 0 aromatic carbocycles. The van der Waals surface area contributed by atoms with Crippen molar-refractivity contribution in [2.75, 3.05) is 0 Å². The van der Waals surface area contributed by atoms with Gasteiger partial charge in [0.1, 0.15) is 0 Å². The van der Waals surface area contributed by atoms with Gasteiger partial charge in [-0.1, -0.05) is 7.40 Å². The lowest BCUT2D eigenvalue weighted by Crippen LogP contribution is -2.00. The summed E-state index contributed by atoms with van der Waals surface area (Å²) < 4.78 is 5.75. The van der Waals surface area contributed by atoms with E-state index in [4.69, 9.17) is 12.5 Å². The molecule has 5 heavy (non-hydrogen) atoms. The summed E-state index contributed by atoms with van der Waals surface area (Å²) in [6, 6.07) is 0. The number of rotatable bonds is 0. The Morgan fingerprint density at radius 3 is 2.40 bits per heavy atom. The topological polar surface area (TPSA) is 49.9 Å². The van der Waals surface area contributed by atoms with Crippen LogP contribution in [0.2, 0.25) is 0 Å². The van der Waals surface area contributed by atoms with Gasteiger partial charge in [0.15, 0.2) is 0 Å².